The molecule has 2 saturated heterocycles. The maximum absolute atomic E-state index is 6.65. The number of fused-ring (bicyclic) bond motifs is 1. The molecule has 1 N–H and O–H groups in total. The molecule has 2 aliphatic rings. The first-order valence-corrected chi connectivity index (χ1v) is 14.1. The molecule has 0 amide bonds. The molecule has 10 heteroatoms. The number of nitrogens with one attached hydrogen (secondary N) is 1. The number of anilines is 3. The van der Waals surface area contributed by atoms with E-state index in [1.165, 1.54) is 5.39 Å². The summed E-state index contributed by atoms with van der Waals surface area (Å²) < 4.78 is 11.8. The van der Waals surface area contributed by atoms with Crippen molar-refractivity contribution in [3.8, 4) is 11.5 Å². The molecule has 9 nitrogen and oxygen atoms in total. The lowest BCUT2D eigenvalue weighted by molar-refractivity contribution is 0.286. The van der Waals surface area contributed by atoms with Gasteiger partial charge in [0.05, 0.1) is 18.3 Å². The molecule has 0 radical (unpaired) electrons. The summed E-state index contributed by atoms with van der Waals surface area (Å²) in [5, 5.41) is 7.15. The van der Waals surface area contributed by atoms with Crippen molar-refractivity contribution in [2.24, 2.45) is 5.10 Å². The summed E-state index contributed by atoms with van der Waals surface area (Å²) in [6.07, 6.45) is 6.26. The molecule has 0 saturated carbocycles. The number of hydrazone groups is 1. The maximum Gasteiger partial charge on any atom is 0.250 e. The van der Waals surface area contributed by atoms with Crippen LogP contribution >= 0.6 is 11.6 Å². The Morgan fingerprint density at radius 3 is 2.27 bits per heavy atom. The minimum atomic E-state index is 0.366. The van der Waals surface area contributed by atoms with Crippen molar-refractivity contribution in [1.29, 1.82) is 0 Å². The van der Waals surface area contributed by atoms with Gasteiger partial charge in [-0.25, -0.2) is 5.43 Å². The zero-order valence-electron chi connectivity index (χ0n) is 22.5. The number of nitrogens with zero attached hydrogens (tertiary/aromatic N) is 6. The molecule has 0 atom stereocenters. The topological polar surface area (TPSA) is 88.0 Å². The minimum absolute atomic E-state index is 0.366. The first-order valence-electron chi connectivity index (χ1n) is 13.7. The molecule has 3 aromatic carbocycles. The van der Waals surface area contributed by atoms with Crippen LogP contribution < -0.4 is 24.7 Å². The Labute approximate surface area is 238 Å². The van der Waals surface area contributed by atoms with Crippen LogP contribution in [0.3, 0.4) is 0 Å². The van der Waals surface area contributed by atoms with E-state index in [1.54, 1.807) is 19.4 Å². The van der Waals surface area contributed by atoms with Gasteiger partial charge in [0.15, 0.2) is 11.5 Å². The van der Waals surface area contributed by atoms with E-state index in [1.807, 2.05) is 24.3 Å². The Hall–Kier alpha value is -4.11. The third kappa shape index (κ3) is 5.74. The SMILES string of the molecule is COc1cc(C=NNc2nc(N3CCCC3)nc(N3CCCC3)n2)cc(Cl)c1OCc1cccc2ccccc12. The Balaban J connectivity index is 1.18. The van der Waals surface area contributed by atoms with Crippen LogP contribution in [-0.2, 0) is 6.61 Å². The number of benzene rings is 3. The summed E-state index contributed by atoms with van der Waals surface area (Å²) >= 11 is 6.65. The highest BCUT2D eigenvalue weighted by atomic mass is 35.5. The van der Waals surface area contributed by atoms with E-state index in [9.17, 15) is 0 Å². The van der Waals surface area contributed by atoms with Gasteiger partial charge in [0, 0.05) is 26.2 Å². The highest BCUT2D eigenvalue weighted by molar-refractivity contribution is 6.32. The average molecular weight is 558 g/mol. The van der Waals surface area contributed by atoms with Gasteiger partial charge in [-0.2, -0.15) is 20.1 Å². The van der Waals surface area contributed by atoms with Crippen molar-refractivity contribution in [2.45, 2.75) is 32.3 Å². The summed E-state index contributed by atoms with van der Waals surface area (Å²) in [7, 11) is 1.60. The number of methoxy groups -OCH3 is 1. The van der Waals surface area contributed by atoms with Gasteiger partial charge in [-0.1, -0.05) is 54.1 Å². The Morgan fingerprint density at radius 1 is 0.900 bits per heavy atom. The van der Waals surface area contributed by atoms with Gasteiger partial charge in [-0.15, -0.1) is 0 Å². The second-order valence-corrected chi connectivity index (χ2v) is 10.4. The molecule has 1 aromatic heterocycles. The predicted molar refractivity (Wildman–Crippen MR) is 160 cm³/mol. The molecule has 40 heavy (non-hydrogen) atoms. The quantitative estimate of drug-likeness (QED) is 0.201. The Kier molecular flexibility index (Phi) is 7.81. The van der Waals surface area contributed by atoms with Crippen LogP contribution in [0.4, 0.5) is 17.8 Å². The molecule has 0 spiro atoms. The van der Waals surface area contributed by atoms with Crippen LogP contribution in [0.5, 0.6) is 11.5 Å². The number of rotatable bonds is 9. The minimum Gasteiger partial charge on any atom is -0.493 e. The van der Waals surface area contributed by atoms with Gasteiger partial charge in [-0.05, 0) is 59.7 Å². The Morgan fingerprint density at radius 2 is 1.57 bits per heavy atom. The number of aromatic nitrogens is 3. The van der Waals surface area contributed by atoms with Crippen LogP contribution in [-0.4, -0.2) is 54.5 Å². The fourth-order valence-corrected chi connectivity index (χ4v) is 5.48. The molecule has 0 aliphatic carbocycles. The van der Waals surface area contributed by atoms with Crippen molar-refractivity contribution >= 4 is 46.4 Å². The second kappa shape index (κ2) is 12.0. The van der Waals surface area contributed by atoms with Crippen LogP contribution in [0.25, 0.3) is 10.8 Å². The molecule has 6 rings (SSSR count). The number of hydrogen-bond acceptors (Lipinski definition) is 9. The largest absolute Gasteiger partial charge is 0.493 e. The van der Waals surface area contributed by atoms with Crippen molar-refractivity contribution in [2.75, 3.05) is 48.5 Å². The van der Waals surface area contributed by atoms with E-state index < -0.39 is 0 Å². The van der Waals surface area contributed by atoms with Crippen LogP contribution in [0.2, 0.25) is 5.02 Å². The van der Waals surface area contributed by atoms with Crippen molar-refractivity contribution in [3.05, 3.63) is 70.7 Å². The van der Waals surface area contributed by atoms with E-state index in [2.05, 4.69) is 54.6 Å². The molecule has 2 fully saturated rings. The third-order valence-corrected chi connectivity index (χ3v) is 7.55. The lowest BCUT2D eigenvalue weighted by Gasteiger charge is -2.20. The van der Waals surface area contributed by atoms with E-state index >= 15 is 0 Å². The zero-order chi connectivity index (χ0) is 27.3. The fourth-order valence-electron chi connectivity index (χ4n) is 5.21. The van der Waals surface area contributed by atoms with Crippen molar-refractivity contribution < 1.29 is 9.47 Å². The standard InChI is InChI=1S/C30H32ClN7O2/c1-39-26-18-21(17-25(31)27(26)40-20-23-11-8-10-22-9-2-3-12-24(22)23)19-32-36-28-33-29(37-13-4-5-14-37)35-30(34-28)38-15-6-7-16-38/h2-3,8-12,17-19H,4-7,13-16,20H2,1H3,(H,33,34,35,36). The number of halogens is 1. The van der Waals surface area contributed by atoms with Crippen LogP contribution in [0.1, 0.15) is 36.8 Å². The lowest BCUT2D eigenvalue weighted by Crippen LogP contribution is -2.25. The van der Waals surface area contributed by atoms with Crippen LogP contribution in [0, 0.1) is 0 Å². The van der Waals surface area contributed by atoms with E-state index in [-0.39, 0.29) is 0 Å². The number of hydrogen-bond donors (Lipinski definition) is 1. The molecule has 0 bridgehead atoms. The summed E-state index contributed by atoms with van der Waals surface area (Å²) in [6.45, 7) is 4.20. The first kappa shape index (κ1) is 26.1. The maximum atomic E-state index is 6.65. The van der Waals surface area contributed by atoms with Crippen LogP contribution in [0.15, 0.2) is 59.7 Å². The van der Waals surface area contributed by atoms with E-state index in [0.29, 0.717) is 41.0 Å². The Bertz CT molecular complexity index is 1480. The summed E-state index contributed by atoms with van der Waals surface area (Å²) in [4.78, 5) is 18.4. The van der Waals surface area contributed by atoms with Gasteiger partial charge < -0.3 is 19.3 Å². The molecular weight excluding hydrogens is 526 g/mol. The smallest absolute Gasteiger partial charge is 0.250 e. The summed E-state index contributed by atoms with van der Waals surface area (Å²) in [5.74, 6) is 2.84. The van der Waals surface area contributed by atoms with E-state index in [4.69, 9.17) is 26.1 Å². The molecule has 2 aliphatic heterocycles. The molecule has 3 heterocycles. The van der Waals surface area contributed by atoms with Gasteiger partial charge in [0.2, 0.25) is 17.8 Å². The zero-order valence-corrected chi connectivity index (χ0v) is 23.3. The summed E-state index contributed by atoms with van der Waals surface area (Å²) in [6, 6.07) is 18.1. The second-order valence-electron chi connectivity index (χ2n) is 9.98. The first-order chi connectivity index (χ1) is 19.7. The normalized spacial score (nSPS) is 15.3. The highest BCUT2D eigenvalue weighted by Crippen LogP contribution is 2.37. The van der Waals surface area contributed by atoms with Gasteiger partial charge >= 0.3 is 0 Å². The molecular formula is C30H32ClN7O2. The van der Waals surface area contributed by atoms with Crippen molar-refractivity contribution in [3.63, 3.8) is 0 Å². The van der Waals surface area contributed by atoms with Gasteiger partial charge in [0.1, 0.15) is 6.61 Å². The fraction of sp³-hybridized carbons (Fsp3) is 0.333. The molecule has 4 aromatic rings. The monoisotopic (exact) mass is 557 g/mol. The summed E-state index contributed by atoms with van der Waals surface area (Å²) in [5.41, 5.74) is 4.82. The van der Waals surface area contributed by atoms with E-state index in [0.717, 1.165) is 68.4 Å². The van der Waals surface area contributed by atoms with Crippen molar-refractivity contribution in [1.82, 2.24) is 15.0 Å². The lowest BCUT2D eigenvalue weighted by atomic mass is 10.1. The molecule has 0 unspecified atom stereocenters. The highest BCUT2D eigenvalue weighted by Gasteiger charge is 2.21. The number of ether oxygens (including phenoxy) is 2. The van der Waals surface area contributed by atoms with Gasteiger partial charge in [-0.3, -0.25) is 0 Å². The predicted octanol–water partition coefficient (Wildman–Crippen LogP) is 5.91. The average Bonchev–Trinajstić information content (AvgIpc) is 3.72. The third-order valence-electron chi connectivity index (χ3n) is 7.27. The molecule has 206 valence electrons. The van der Waals surface area contributed by atoms with Gasteiger partial charge in [0.25, 0.3) is 0 Å².